The minimum absolute atomic E-state index is 0.305. The van der Waals surface area contributed by atoms with Gasteiger partial charge < -0.3 is 10.6 Å². The van der Waals surface area contributed by atoms with Gasteiger partial charge in [0.25, 0.3) is 0 Å². The van der Waals surface area contributed by atoms with Gasteiger partial charge in [0.15, 0.2) is 0 Å². The third-order valence-electron chi connectivity index (χ3n) is 5.45. The van der Waals surface area contributed by atoms with Crippen LogP contribution in [0.5, 0.6) is 0 Å². The highest BCUT2D eigenvalue weighted by molar-refractivity contribution is 6.31. The van der Waals surface area contributed by atoms with E-state index in [1.165, 1.54) is 0 Å². The Labute approximate surface area is 174 Å². The van der Waals surface area contributed by atoms with E-state index >= 15 is 0 Å². The number of fused-ring (bicyclic) bond motifs is 1. The van der Waals surface area contributed by atoms with Gasteiger partial charge in [0.2, 0.25) is 0 Å². The second-order valence-corrected chi connectivity index (χ2v) is 7.67. The monoisotopic (exact) mass is 401 g/mol. The molecule has 2 N–H and O–H groups in total. The first-order valence-electron chi connectivity index (χ1n) is 9.63. The van der Waals surface area contributed by atoms with Crippen LogP contribution in [0, 0.1) is 0 Å². The van der Waals surface area contributed by atoms with E-state index in [1.54, 1.807) is 12.4 Å². The van der Waals surface area contributed by atoms with Crippen LogP contribution < -0.4 is 10.6 Å². The van der Waals surface area contributed by atoms with Crippen LogP contribution in [-0.2, 0) is 6.54 Å². The van der Waals surface area contributed by atoms with Gasteiger partial charge in [-0.3, -0.25) is 9.97 Å². The summed E-state index contributed by atoms with van der Waals surface area (Å²) in [6, 6.07) is 18.3. The lowest BCUT2D eigenvalue weighted by atomic mass is 9.92. The first-order valence-corrected chi connectivity index (χ1v) is 10.0. The number of pyridine rings is 1. The highest BCUT2D eigenvalue weighted by Gasteiger charge is 2.32. The van der Waals surface area contributed by atoms with Crippen LogP contribution in [0.4, 0.5) is 5.82 Å². The van der Waals surface area contributed by atoms with Crippen molar-refractivity contribution < 1.29 is 0 Å². The van der Waals surface area contributed by atoms with Crippen LogP contribution in [0.1, 0.15) is 17.2 Å². The molecule has 1 saturated heterocycles. The molecule has 2 aromatic heterocycles. The van der Waals surface area contributed by atoms with Crippen molar-refractivity contribution >= 4 is 28.3 Å². The number of halogens is 1. The molecule has 144 valence electrons. The van der Waals surface area contributed by atoms with E-state index in [4.69, 9.17) is 22.3 Å². The van der Waals surface area contributed by atoms with Crippen LogP contribution in [0.25, 0.3) is 22.2 Å². The summed E-state index contributed by atoms with van der Waals surface area (Å²) in [5, 5.41) is 1.82. The van der Waals surface area contributed by atoms with Crippen molar-refractivity contribution in [3.05, 3.63) is 83.3 Å². The molecule has 1 fully saturated rings. The molecule has 29 heavy (non-hydrogen) atoms. The molecule has 1 aliphatic rings. The molecular formula is C23H20ClN5. The predicted octanol–water partition coefficient (Wildman–Crippen LogP) is 4.41. The summed E-state index contributed by atoms with van der Waals surface area (Å²) in [7, 11) is 0. The Kier molecular flexibility index (Phi) is 4.62. The van der Waals surface area contributed by atoms with Crippen LogP contribution >= 0.6 is 11.6 Å². The molecule has 4 aromatic rings. The smallest absolute Gasteiger partial charge is 0.129 e. The number of aromatic nitrogens is 3. The van der Waals surface area contributed by atoms with Gasteiger partial charge >= 0.3 is 0 Å². The Morgan fingerprint density at radius 3 is 2.66 bits per heavy atom. The summed E-state index contributed by atoms with van der Waals surface area (Å²) in [6.45, 7) is 2.15. The number of nitrogens with zero attached hydrogens (tertiary/aromatic N) is 4. The summed E-state index contributed by atoms with van der Waals surface area (Å²) >= 11 is 6.37. The van der Waals surface area contributed by atoms with E-state index in [0.717, 1.165) is 52.3 Å². The molecule has 3 heterocycles. The molecule has 0 radical (unpaired) electrons. The first kappa shape index (κ1) is 18.0. The Balaban J connectivity index is 1.40. The van der Waals surface area contributed by atoms with Crippen LogP contribution in [0.2, 0.25) is 5.02 Å². The van der Waals surface area contributed by atoms with E-state index < -0.39 is 0 Å². The van der Waals surface area contributed by atoms with Crippen LogP contribution in [0.15, 0.2) is 67.0 Å². The molecule has 0 atom stereocenters. The second kappa shape index (κ2) is 7.43. The van der Waals surface area contributed by atoms with E-state index in [9.17, 15) is 0 Å². The lowest BCUT2D eigenvalue weighted by molar-refractivity contribution is 0.509. The number of rotatable bonds is 4. The van der Waals surface area contributed by atoms with Crippen molar-refractivity contribution in [2.45, 2.75) is 12.5 Å². The fourth-order valence-corrected chi connectivity index (χ4v) is 4.06. The second-order valence-electron chi connectivity index (χ2n) is 7.26. The van der Waals surface area contributed by atoms with Crippen molar-refractivity contribution in [2.24, 2.45) is 5.73 Å². The normalized spacial score (nSPS) is 14.2. The third kappa shape index (κ3) is 3.33. The van der Waals surface area contributed by atoms with E-state index in [2.05, 4.69) is 33.1 Å². The zero-order valence-electron chi connectivity index (χ0n) is 15.8. The van der Waals surface area contributed by atoms with Gasteiger partial charge in [0.1, 0.15) is 5.82 Å². The number of anilines is 1. The van der Waals surface area contributed by atoms with Crippen LogP contribution in [0.3, 0.4) is 0 Å². The van der Waals surface area contributed by atoms with E-state index in [-0.39, 0.29) is 0 Å². The molecule has 0 bridgehead atoms. The summed E-state index contributed by atoms with van der Waals surface area (Å²) in [6.07, 6.45) is 3.48. The fraction of sp³-hybridized carbons (Fsp3) is 0.174. The Bertz CT molecular complexity index is 1190. The Morgan fingerprint density at radius 1 is 1.00 bits per heavy atom. The van der Waals surface area contributed by atoms with E-state index in [1.807, 2.05) is 36.4 Å². The van der Waals surface area contributed by atoms with Gasteiger partial charge in [0.05, 0.1) is 16.9 Å². The van der Waals surface area contributed by atoms with Crippen molar-refractivity contribution in [1.82, 2.24) is 15.0 Å². The number of hydrogen-bond donors (Lipinski definition) is 1. The maximum atomic E-state index is 6.37. The summed E-state index contributed by atoms with van der Waals surface area (Å²) in [5.74, 6) is 1.31. The molecule has 0 saturated carbocycles. The average molecular weight is 402 g/mol. The minimum Gasteiger partial charge on any atom is -0.355 e. The topological polar surface area (TPSA) is 67.9 Å². The van der Waals surface area contributed by atoms with Crippen LogP contribution in [-0.4, -0.2) is 28.0 Å². The van der Waals surface area contributed by atoms with Gasteiger partial charge in [-0.05, 0) is 29.8 Å². The summed E-state index contributed by atoms with van der Waals surface area (Å²) in [4.78, 5) is 16.3. The highest BCUT2D eigenvalue weighted by atomic mass is 35.5. The standard InChI is InChI=1S/C23H20ClN5/c24-19-11-16(5-6-17(19)12-25)22-23(27-10-9-26-22)18-13-29(14-18)21-8-7-15-3-1-2-4-20(15)28-21/h1-11,18H,12-14,25H2. The summed E-state index contributed by atoms with van der Waals surface area (Å²) < 4.78 is 0. The van der Waals surface area contributed by atoms with Gasteiger partial charge in [-0.2, -0.15) is 0 Å². The molecule has 6 heteroatoms. The zero-order chi connectivity index (χ0) is 19.8. The lowest BCUT2D eigenvalue weighted by Crippen LogP contribution is -2.46. The molecule has 0 amide bonds. The van der Waals surface area contributed by atoms with Crippen molar-refractivity contribution in [1.29, 1.82) is 0 Å². The quantitative estimate of drug-likeness (QED) is 0.548. The third-order valence-corrected chi connectivity index (χ3v) is 5.80. The fourth-order valence-electron chi connectivity index (χ4n) is 3.80. The molecule has 0 spiro atoms. The highest BCUT2D eigenvalue weighted by Crippen LogP contribution is 2.35. The lowest BCUT2D eigenvalue weighted by Gasteiger charge is -2.40. The number of para-hydroxylation sites is 1. The maximum absolute atomic E-state index is 6.37. The molecular weight excluding hydrogens is 382 g/mol. The maximum Gasteiger partial charge on any atom is 0.129 e. The van der Waals surface area contributed by atoms with Gasteiger partial charge in [-0.15, -0.1) is 0 Å². The molecule has 0 aliphatic carbocycles. The van der Waals surface area contributed by atoms with Gasteiger partial charge in [-0.1, -0.05) is 41.9 Å². The van der Waals surface area contributed by atoms with Crippen molar-refractivity contribution in [3.63, 3.8) is 0 Å². The number of hydrogen-bond acceptors (Lipinski definition) is 5. The molecule has 0 unspecified atom stereocenters. The van der Waals surface area contributed by atoms with Gasteiger partial charge in [0, 0.05) is 53.9 Å². The van der Waals surface area contributed by atoms with Crippen molar-refractivity contribution in [3.8, 4) is 11.3 Å². The largest absolute Gasteiger partial charge is 0.355 e. The first-order chi connectivity index (χ1) is 14.2. The molecule has 5 rings (SSSR count). The number of nitrogens with two attached hydrogens (primary N) is 1. The molecule has 2 aromatic carbocycles. The molecule has 1 aliphatic heterocycles. The minimum atomic E-state index is 0.305. The number of benzene rings is 2. The Hall–Kier alpha value is -3.02. The predicted molar refractivity (Wildman–Crippen MR) is 117 cm³/mol. The van der Waals surface area contributed by atoms with E-state index in [0.29, 0.717) is 17.5 Å². The zero-order valence-corrected chi connectivity index (χ0v) is 16.5. The SMILES string of the molecule is NCc1ccc(-c2nccnc2C2CN(c3ccc4ccccc4n3)C2)cc1Cl. The Morgan fingerprint density at radius 2 is 1.83 bits per heavy atom. The average Bonchev–Trinajstić information content (AvgIpc) is 2.73. The molecule has 5 nitrogen and oxygen atoms in total. The van der Waals surface area contributed by atoms with Gasteiger partial charge in [-0.25, -0.2) is 4.98 Å². The van der Waals surface area contributed by atoms with Crippen molar-refractivity contribution in [2.75, 3.05) is 18.0 Å². The summed E-state index contributed by atoms with van der Waals surface area (Å²) in [5.41, 5.74) is 10.5.